The van der Waals surface area contributed by atoms with E-state index < -0.39 is 0 Å². The average molecular weight is 436 g/mol. The molecule has 0 aromatic heterocycles. The number of carbonyl (C=O) groups is 2. The van der Waals surface area contributed by atoms with E-state index >= 15 is 0 Å². The summed E-state index contributed by atoms with van der Waals surface area (Å²) in [6, 6.07) is 13.8. The van der Waals surface area contributed by atoms with Gasteiger partial charge < -0.3 is 15.1 Å². The summed E-state index contributed by atoms with van der Waals surface area (Å²) in [7, 11) is 4.01. The Morgan fingerprint density at radius 2 is 1.78 bits per heavy atom. The fourth-order valence-corrected chi connectivity index (χ4v) is 4.48. The maximum atomic E-state index is 13.4. The van der Waals surface area contributed by atoms with Gasteiger partial charge in [-0.25, -0.2) is 0 Å². The van der Waals surface area contributed by atoms with Crippen molar-refractivity contribution in [3.63, 3.8) is 0 Å². The van der Waals surface area contributed by atoms with Gasteiger partial charge in [-0.05, 0) is 61.6 Å². The highest BCUT2D eigenvalue weighted by molar-refractivity contribution is 5.95. The number of hydrogen-bond donors (Lipinski definition) is 1. The number of benzene rings is 2. The van der Waals surface area contributed by atoms with Crippen molar-refractivity contribution in [1.29, 1.82) is 0 Å². The molecule has 0 heterocycles. The normalized spacial score (nSPS) is 13.9. The molecule has 32 heavy (non-hydrogen) atoms. The molecule has 0 saturated heterocycles. The van der Waals surface area contributed by atoms with E-state index in [9.17, 15) is 9.59 Å². The third-order valence-corrected chi connectivity index (χ3v) is 6.05. The van der Waals surface area contributed by atoms with Crippen LogP contribution in [0.1, 0.15) is 61.0 Å². The van der Waals surface area contributed by atoms with Crippen molar-refractivity contribution >= 4 is 23.2 Å². The third-order valence-electron chi connectivity index (χ3n) is 6.05. The number of hydrogen-bond acceptors (Lipinski definition) is 3. The Hall–Kier alpha value is -2.82. The number of rotatable bonds is 8. The Labute approximate surface area is 192 Å². The lowest BCUT2D eigenvalue weighted by Crippen LogP contribution is -2.34. The van der Waals surface area contributed by atoms with Crippen LogP contribution in [-0.2, 0) is 11.3 Å². The van der Waals surface area contributed by atoms with E-state index in [1.54, 1.807) is 0 Å². The Balaban J connectivity index is 1.87. The number of carbonyl (C=O) groups excluding carboxylic acids is 2. The van der Waals surface area contributed by atoms with Gasteiger partial charge in [-0.1, -0.05) is 44.4 Å². The van der Waals surface area contributed by atoms with Crippen molar-refractivity contribution < 1.29 is 9.59 Å². The quantitative estimate of drug-likeness (QED) is 0.597. The summed E-state index contributed by atoms with van der Waals surface area (Å²) in [5.41, 5.74) is 4.67. The summed E-state index contributed by atoms with van der Waals surface area (Å²) >= 11 is 0. The van der Waals surface area contributed by atoms with Crippen LogP contribution in [0.15, 0.2) is 42.5 Å². The van der Waals surface area contributed by atoms with Crippen molar-refractivity contribution in [2.24, 2.45) is 11.8 Å². The molecular weight excluding hydrogens is 398 g/mol. The summed E-state index contributed by atoms with van der Waals surface area (Å²) in [6.45, 7) is 7.41. The topological polar surface area (TPSA) is 52.7 Å². The lowest BCUT2D eigenvalue weighted by Gasteiger charge is -2.28. The molecule has 2 aromatic carbocycles. The van der Waals surface area contributed by atoms with Gasteiger partial charge in [-0.2, -0.15) is 0 Å². The van der Waals surface area contributed by atoms with Crippen LogP contribution in [0, 0.1) is 18.8 Å². The van der Waals surface area contributed by atoms with Gasteiger partial charge in [0.1, 0.15) is 0 Å². The fraction of sp³-hybridized carbons (Fsp3) is 0.481. The number of nitrogens with zero attached hydrogens (tertiary/aromatic N) is 2. The van der Waals surface area contributed by atoms with Gasteiger partial charge in [0, 0.05) is 50.0 Å². The minimum absolute atomic E-state index is 0.0347. The highest BCUT2D eigenvalue weighted by Gasteiger charge is 2.24. The zero-order chi connectivity index (χ0) is 23.3. The van der Waals surface area contributed by atoms with Crippen molar-refractivity contribution in [2.75, 3.05) is 30.9 Å². The van der Waals surface area contributed by atoms with Crippen LogP contribution in [-0.4, -0.2) is 37.4 Å². The van der Waals surface area contributed by atoms with Crippen LogP contribution in [0.4, 0.5) is 11.4 Å². The molecule has 2 amide bonds. The zero-order valence-corrected chi connectivity index (χ0v) is 20.1. The van der Waals surface area contributed by atoms with Crippen molar-refractivity contribution in [1.82, 2.24) is 4.90 Å². The molecule has 1 saturated carbocycles. The summed E-state index contributed by atoms with van der Waals surface area (Å²) in [4.78, 5) is 30.0. The Kier molecular flexibility index (Phi) is 7.94. The van der Waals surface area contributed by atoms with Crippen LogP contribution in [0.2, 0.25) is 0 Å². The van der Waals surface area contributed by atoms with Crippen molar-refractivity contribution in [3.8, 4) is 0 Å². The van der Waals surface area contributed by atoms with Gasteiger partial charge in [-0.3, -0.25) is 9.59 Å². The van der Waals surface area contributed by atoms with Crippen LogP contribution in [0.3, 0.4) is 0 Å². The van der Waals surface area contributed by atoms with Gasteiger partial charge in [0.15, 0.2) is 0 Å². The Bertz CT molecular complexity index is 946. The van der Waals surface area contributed by atoms with Crippen LogP contribution in [0.5, 0.6) is 0 Å². The average Bonchev–Trinajstić information content (AvgIpc) is 3.27. The van der Waals surface area contributed by atoms with Gasteiger partial charge in [0.05, 0.1) is 0 Å². The Morgan fingerprint density at radius 1 is 1.06 bits per heavy atom. The molecule has 1 fully saturated rings. The maximum absolute atomic E-state index is 13.4. The first-order chi connectivity index (χ1) is 15.2. The first kappa shape index (κ1) is 23.8. The second-order valence-electron chi connectivity index (χ2n) is 9.66. The lowest BCUT2D eigenvalue weighted by atomic mass is 10.1. The number of nitrogens with one attached hydrogen (secondary N) is 1. The molecule has 0 unspecified atom stereocenters. The summed E-state index contributed by atoms with van der Waals surface area (Å²) in [6.07, 6.45) is 4.21. The highest BCUT2D eigenvalue weighted by Crippen LogP contribution is 2.29. The summed E-state index contributed by atoms with van der Waals surface area (Å²) in [5, 5.41) is 3.11. The first-order valence-electron chi connectivity index (χ1n) is 11.7. The zero-order valence-electron chi connectivity index (χ0n) is 20.1. The van der Waals surface area contributed by atoms with E-state index in [-0.39, 0.29) is 17.7 Å². The van der Waals surface area contributed by atoms with E-state index in [0.717, 1.165) is 48.2 Å². The van der Waals surface area contributed by atoms with Crippen LogP contribution in [0.25, 0.3) is 0 Å². The van der Waals surface area contributed by atoms with E-state index in [1.807, 2.05) is 68.4 Å². The minimum atomic E-state index is 0.0347. The maximum Gasteiger partial charge on any atom is 0.254 e. The molecule has 0 bridgehead atoms. The number of amides is 2. The molecule has 5 nitrogen and oxygen atoms in total. The standard InChI is InChI=1S/C27H37N3O2/c1-19(2)17-30(27(32)22-12-8-9-20(3)15-22)18-23-16-24(13-14-25(23)29(4)5)28-26(31)21-10-6-7-11-21/h8-9,12-16,19,21H,6-7,10-11,17-18H2,1-5H3,(H,28,31). The van der Waals surface area contributed by atoms with Gasteiger partial charge >= 0.3 is 0 Å². The van der Waals surface area contributed by atoms with Crippen LogP contribution < -0.4 is 10.2 Å². The molecule has 0 spiro atoms. The van der Waals surface area contributed by atoms with Crippen molar-refractivity contribution in [3.05, 3.63) is 59.2 Å². The molecule has 1 N–H and O–H groups in total. The molecule has 3 rings (SSSR count). The SMILES string of the molecule is Cc1cccc(C(=O)N(Cc2cc(NC(=O)C3CCCC3)ccc2N(C)C)CC(C)C)c1. The number of anilines is 2. The van der Waals surface area contributed by atoms with Gasteiger partial charge in [0.25, 0.3) is 5.91 Å². The molecule has 0 radical (unpaired) electrons. The first-order valence-corrected chi connectivity index (χ1v) is 11.7. The van der Waals surface area contributed by atoms with Gasteiger partial charge in [0.2, 0.25) is 5.91 Å². The summed E-state index contributed by atoms with van der Waals surface area (Å²) < 4.78 is 0. The fourth-order valence-electron chi connectivity index (χ4n) is 4.48. The van der Waals surface area contributed by atoms with E-state index in [1.165, 1.54) is 0 Å². The largest absolute Gasteiger partial charge is 0.377 e. The van der Waals surface area contributed by atoms with E-state index in [2.05, 4.69) is 24.1 Å². The molecule has 1 aliphatic rings. The molecule has 0 aliphatic heterocycles. The highest BCUT2D eigenvalue weighted by atomic mass is 16.2. The number of aryl methyl sites for hydroxylation is 1. The molecule has 2 aromatic rings. The van der Waals surface area contributed by atoms with Crippen LogP contribution >= 0.6 is 0 Å². The minimum Gasteiger partial charge on any atom is -0.377 e. The smallest absolute Gasteiger partial charge is 0.254 e. The van der Waals surface area contributed by atoms with Crippen molar-refractivity contribution in [2.45, 2.75) is 53.0 Å². The second-order valence-corrected chi connectivity index (χ2v) is 9.66. The molecular formula is C27H37N3O2. The monoisotopic (exact) mass is 435 g/mol. The van der Waals surface area contributed by atoms with E-state index in [4.69, 9.17) is 0 Å². The summed E-state index contributed by atoms with van der Waals surface area (Å²) in [5.74, 6) is 0.609. The molecule has 0 atom stereocenters. The predicted octanol–water partition coefficient (Wildman–Crippen LogP) is 5.49. The predicted molar refractivity (Wildman–Crippen MR) is 132 cm³/mol. The molecule has 5 heteroatoms. The molecule has 172 valence electrons. The second kappa shape index (κ2) is 10.7. The van der Waals surface area contributed by atoms with E-state index in [0.29, 0.717) is 24.6 Å². The van der Waals surface area contributed by atoms with Gasteiger partial charge in [-0.15, -0.1) is 0 Å². The third kappa shape index (κ3) is 6.12. The molecule has 1 aliphatic carbocycles. The lowest BCUT2D eigenvalue weighted by molar-refractivity contribution is -0.119. The Morgan fingerprint density at radius 3 is 2.41 bits per heavy atom.